The van der Waals surface area contributed by atoms with Crippen LogP contribution in [0.1, 0.15) is 61.2 Å². The average Bonchev–Trinajstić information content (AvgIpc) is 3.44. The molecule has 5 aromatic rings. The number of aromatic nitrogens is 3. The lowest BCUT2D eigenvalue weighted by Gasteiger charge is -2.28. The molecule has 0 saturated heterocycles. The largest absolute Gasteiger partial charge is 0.490 e. The Morgan fingerprint density at radius 3 is 2.43 bits per heavy atom. The van der Waals surface area contributed by atoms with Crippen LogP contribution in [0.25, 0.3) is 39.3 Å². The van der Waals surface area contributed by atoms with Gasteiger partial charge in [-0.2, -0.15) is 18.3 Å². The summed E-state index contributed by atoms with van der Waals surface area (Å²) >= 11 is 0. The molecule has 244 valence electrons. The quantitative estimate of drug-likeness (QED) is 0.186. The Labute approximate surface area is 268 Å². The molecule has 0 amide bonds. The van der Waals surface area contributed by atoms with Crippen LogP contribution in [0.2, 0.25) is 0 Å². The maximum absolute atomic E-state index is 15.7. The molecule has 0 bridgehead atoms. The molecule has 0 aliphatic carbocycles. The molecule has 6 rings (SSSR count). The van der Waals surface area contributed by atoms with E-state index in [0.29, 0.717) is 70.0 Å². The Kier molecular flexibility index (Phi) is 8.07. The summed E-state index contributed by atoms with van der Waals surface area (Å²) in [6.07, 6.45) is -4.76. The number of ether oxygens (including phenoxy) is 2. The first kappa shape index (κ1) is 32.2. The van der Waals surface area contributed by atoms with Crippen LogP contribution in [-0.4, -0.2) is 37.9 Å². The maximum Gasteiger partial charge on any atom is 0.417 e. The molecule has 0 fully saturated rings. The second-order valence-electron chi connectivity index (χ2n) is 12.6. The molecule has 47 heavy (non-hydrogen) atoms. The van der Waals surface area contributed by atoms with E-state index in [1.807, 2.05) is 6.92 Å². The van der Waals surface area contributed by atoms with E-state index in [1.165, 1.54) is 22.7 Å². The number of fused-ring (bicyclic) bond motifs is 2. The van der Waals surface area contributed by atoms with Gasteiger partial charge in [0, 0.05) is 34.0 Å². The van der Waals surface area contributed by atoms with Gasteiger partial charge in [-0.1, -0.05) is 36.4 Å². The Morgan fingerprint density at radius 2 is 1.72 bits per heavy atom. The molecular weight excluding hydrogens is 614 g/mol. The van der Waals surface area contributed by atoms with Crippen molar-refractivity contribution in [2.45, 2.75) is 65.3 Å². The van der Waals surface area contributed by atoms with Gasteiger partial charge < -0.3 is 14.6 Å². The third kappa shape index (κ3) is 6.07. The molecule has 1 atom stereocenters. The van der Waals surface area contributed by atoms with Gasteiger partial charge in [-0.3, -0.25) is 0 Å². The van der Waals surface area contributed by atoms with Crippen LogP contribution in [0.3, 0.4) is 0 Å². The van der Waals surface area contributed by atoms with Crippen molar-refractivity contribution in [2.75, 3.05) is 6.61 Å². The summed E-state index contributed by atoms with van der Waals surface area (Å²) in [4.78, 5) is 17.5. The molecule has 3 aromatic carbocycles. The van der Waals surface area contributed by atoms with Crippen molar-refractivity contribution in [2.24, 2.45) is 0 Å². The summed E-state index contributed by atoms with van der Waals surface area (Å²) in [5, 5.41) is 15.2. The normalized spacial score (nSPS) is 14.1. The van der Waals surface area contributed by atoms with E-state index in [2.05, 4.69) is 0 Å². The van der Waals surface area contributed by atoms with E-state index < -0.39 is 35.2 Å². The minimum atomic E-state index is -4.55. The fraction of sp³-hybridized carbons (Fsp3) is 0.306. The summed E-state index contributed by atoms with van der Waals surface area (Å²) in [5.41, 5.74) is 2.61. The molecule has 1 N–H and O–H groups in total. The molecule has 1 aliphatic heterocycles. The predicted octanol–water partition coefficient (Wildman–Crippen LogP) is 8.77. The summed E-state index contributed by atoms with van der Waals surface area (Å²) in [6, 6.07) is 14.9. The second-order valence-corrected chi connectivity index (χ2v) is 12.6. The standard InChI is InChI=1S/C36H33F4N3O4/c1-19-23-13-9-15-46-32(23)27(37)17-25(19)31-30(33(34(44)45)47-35(3,4)5)20(2)41-29-18-28(42-43(29)31)22-11-8-10-21(16-22)24-12-6-7-14-26(24)36(38,39)40/h6-8,10-12,14,16-18,33H,9,13,15H2,1-5H3,(H,44,45). The van der Waals surface area contributed by atoms with Gasteiger partial charge in [-0.05, 0) is 82.3 Å². The summed E-state index contributed by atoms with van der Waals surface area (Å²) in [6.45, 7) is 9.10. The number of carboxylic acid groups (broad SMARTS) is 1. The topological polar surface area (TPSA) is 86.0 Å². The van der Waals surface area contributed by atoms with E-state index in [-0.39, 0.29) is 16.9 Å². The Hall–Kier alpha value is -4.77. The van der Waals surface area contributed by atoms with Crippen LogP contribution >= 0.6 is 0 Å². The third-order valence-electron chi connectivity index (χ3n) is 8.18. The highest BCUT2D eigenvalue weighted by atomic mass is 19.4. The van der Waals surface area contributed by atoms with E-state index in [0.717, 1.165) is 6.07 Å². The number of rotatable bonds is 6. The Morgan fingerprint density at radius 1 is 1.00 bits per heavy atom. The second kappa shape index (κ2) is 11.8. The molecule has 1 unspecified atom stereocenters. The molecule has 7 nitrogen and oxygen atoms in total. The van der Waals surface area contributed by atoms with Gasteiger partial charge in [0.15, 0.2) is 23.3 Å². The molecule has 11 heteroatoms. The lowest BCUT2D eigenvalue weighted by molar-refractivity contribution is -0.160. The van der Waals surface area contributed by atoms with Crippen LogP contribution in [-0.2, 0) is 22.1 Å². The van der Waals surface area contributed by atoms with Crippen molar-refractivity contribution in [3.63, 3.8) is 0 Å². The van der Waals surface area contributed by atoms with Crippen molar-refractivity contribution < 1.29 is 36.9 Å². The number of alkyl halides is 3. The van der Waals surface area contributed by atoms with Crippen LogP contribution in [0.15, 0.2) is 60.7 Å². The number of hydrogen-bond donors (Lipinski definition) is 1. The Bertz CT molecular complexity index is 2030. The third-order valence-corrected chi connectivity index (χ3v) is 8.18. The number of halogens is 4. The lowest BCUT2D eigenvalue weighted by atomic mass is 9.91. The first-order valence-corrected chi connectivity index (χ1v) is 15.2. The minimum Gasteiger partial charge on any atom is -0.490 e. The monoisotopic (exact) mass is 647 g/mol. The molecule has 0 radical (unpaired) electrons. The fourth-order valence-electron chi connectivity index (χ4n) is 6.17. The summed E-state index contributed by atoms with van der Waals surface area (Å²) < 4.78 is 70.4. The summed E-state index contributed by atoms with van der Waals surface area (Å²) in [5.74, 6) is -1.66. The molecular formula is C36H33F4N3O4. The van der Waals surface area contributed by atoms with Gasteiger partial charge >= 0.3 is 12.1 Å². The Balaban J connectivity index is 1.62. The van der Waals surface area contributed by atoms with Crippen molar-refractivity contribution in [3.8, 4) is 39.4 Å². The number of carbonyl (C=O) groups is 1. The number of aryl methyl sites for hydroxylation is 1. The summed E-state index contributed by atoms with van der Waals surface area (Å²) in [7, 11) is 0. The highest BCUT2D eigenvalue weighted by molar-refractivity contribution is 5.83. The number of hydrogen-bond acceptors (Lipinski definition) is 5. The van der Waals surface area contributed by atoms with Crippen LogP contribution in [0, 0.1) is 19.7 Å². The zero-order valence-corrected chi connectivity index (χ0v) is 26.5. The maximum atomic E-state index is 15.7. The van der Waals surface area contributed by atoms with Gasteiger partial charge in [0.2, 0.25) is 0 Å². The predicted molar refractivity (Wildman–Crippen MR) is 169 cm³/mol. The number of carboxylic acids is 1. The van der Waals surface area contributed by atoms with E-state index in [4.69, 9.17) is 19.6 Å². The van der Waals surface area contributed by atoms with Gasteiger partial charge in [0.25, 0.3) is 0 Å². The van der Waals surface area contributed by atoms with E-state index in [9.17, 15) is 23.1 Å². The first-order chi connectivity index (χ1) is 22.1. The van der Waals surface area contributed by atoms with Gasteiger partial charge in [0.05, 0.1) is 29.2 Å². The molecule has 0 saturated carbocycles. The van der Waals surface area contributed by atoms with Crippen molar-refractivity contribution in [1.29, 1.82) is 0 Å². The molecule has 3 heterocycles. The van der Waals surface area contributed by atoms with Gasteiger partial charge in [-0.25, -0.2) is 18.7 Å². The SMILES string of the molecule is Cc1nc2cc(-c3cccc(-c4ccccc4C(F)(F)F)c3)nn2c(-c2cc(F)c3c(c2C)CCCO3)c1C(OC(C)(C)C)C(=O)O. The van der Waals surface area contributed by atoms with Crippen molar-refractivity contribution >= 4 is 11.6 Å². The van der Waals surface area contributed by atoms with Gasteiger partial charge in [-0.15, -0.1) is 0 Å². The van der Waals surface area contributed by atoms with Crippen LogP contribution in [0.4, 0.5) is 17.6 Å². The highest BCUT2D eigenvalue weighted by Gasteiger charge is 2.35. The fourth-order valence-corrected chi connectivity index (χ4v) is 6.17. The number of benzene rings is 3. The number of aliphatic carboxylic acids is 1. The highest BCUT2D eigenvalue weighted by Crippen LogP contribution is 2.43. The van der Waals surface area contributed by atoms with Crippen molar-refractivity contribution in [3.05, 3.63) is 94.4 Å². The molecule has 2 aromatic heterocycles. The number of nitrogens with zero attached hydrogens (tertiary/aromatic N) is 3. The zero-order valence-electron chi connectivity index (χ0n) is 26.5. The zero-order chi connectivity index (χ0) is 33.8. The molecule has 0 spiro atoms. The van der Waals surface area contributed by atoms with Crippen LogP contribution < -0.4 is 4.74 Å². The molecule has 1 aliphatic rings. The first-order valence-electron chi connectivity index (χ1n) is 15.2. The van der Waals surface area contributed by atoms with Gasteiger partial charge in [0.1, 0.15) is 0 Å². The average molecular weight is 648 g/mol. The van der Waals surface area contributed by atoms with E-state index in [1.54, 1.807) is 64.1 Å². The minimum absolute atomic E-state index is 0.0218. The van der Waals surface area contributed by atoms with Crippen LogP contribution in [0.5, 0.6) is 5.75 Å². The van der Waals surface area contributed by atoms with E-state index >= 15 is 4.39 Å². The van der Waals surface area contributed by atoms with Crippen molar-refractivity contribution in [1.82, 2.24) is 14.6 Å². The smallest absolute Gasteiger partial charge is 0.417 e. The lowest BCUT2D eigenvalue weighted by Crippen LogP contribution is -2.29.